The molecule has 0 aromatic carbocycles. The molecule has 0 aromatic rings. The van der Waals surface area contributed by atoms with Crippen molar-refractivity contribution in [1.82, 2.24) is 5.32 Å². The van der Waals surface area contributed by atoms with E-state index in [1.807, 2.05) is 6.08 Å². The van der Waals surface area contributed by atoms with E-state index in [1.54, 1.807) is 7.11 Å². The predicted octanol–water partition coefficient (Wildman–Crippen LogP) is 2.75. The van der Waals surface area contributed by atoms with Crippen molar-refractivity contribution in [2.75, 3.05) is 13.7 Å². The van der Waals surface area contributed by atoms with Crippen molar-refractivity contribution in [1.29, 1.82) is 0 Å². The second-order valence-corrected chi connectivity index (χ2v) is 4.29. The highest BCUT2D eigenvalue weighted by atomic mass is 16.5. The minimum absolute atomic E-state index is 0.0337. The molecule has 1 atom stereocenters. The van der Waals surface area contributed by atoms with Crippen molar-refractivity contribution in [2.24, 2.45) is 0 Å². The van der Waals surface area contributed by atoms with Gasteiger partial charge in [0, 0.05) is 13.2 Å². The molecule has 0 aromatic heterocycles. The maximum Gasteiger partial charge on any atom is 0.0637 e. The summed E-state index contributed by atoms with van der Waals surface area (Å²) in [7, 11) is 1.77. The van der Waals surface area contributed by atoms with Crippen molar-refractivity contribution in [2.45, 2.75) is 51.7 Å². The van der Waals surface area contributed by atoms with Gasteiger partial charge in [-0.3, -0.25) is 0 Å². The summed E-state index contributed by atoms with van der Waals surface area (Å²) in [6.45, 7) is 11.2. The number of allylic oxidation sites excluding steroid dienone is 1. The first kappa shape index (κ1) is 13.7. The number of ether oxygens (including phenoxy) is 1. The van der Waals surface area contributed by atoms with Crippen LogP contribution in [0.25, 0.3) is 0 Å². The summed E-state index contributed by atoms with van der Waals surface area (Å²) in [5.41, 5.74) is -0.0337. The average molecular weight is 199 g/mol. The number of hydrogen-bond acceptors (Lipinski definition) is 2. The lowest BCUT2D eigenvalue weighted by molar-refractivity contribution is 0.00661. The molecular formula is C12H25NO. The van der Waals surface area contributed by atoms with Crippen LogP contribution < -0.4 is 5.32 Å². The minimum atomic E-state index is -0.0337. The van der Waals surface area contributed by atoms with E-state index in [0.29, 0.717) is 6.04 Å². The Morgan fingerprint density at radius 3 is 2.57 bits per heavy atom. The van der Waals surface area contributed by atoms with Crippen molar-refractivity contribution >= 4 is 0 Å². The Balaban J connectivity index is 4.00. The Morgan fingerprint density at radius 2 is 2.14 bits per heavy atom. The van der Waals surface area contributed by atoms with E-state index in [0.717, 1.165) is 25.8 Å². The lowest BCUT2D eigenvalue weighted by atomic mass is 9.95. The highest BCUT2D eigenvalue weighted by molar-refractivity contribution is 4.80. The van der Waals surface area contributed by atoms with E-state index >= 15 is 0 Å². The molecule has 0 saturated heterocycles. The largest absolute Gasteiger partial charge is 0.379 e. The Kier molecular flexibility index (Phi) is 6.85. The van der Waals surface area contributed by atoms with Crippen LogP contribution >= 0.6 is 0 Å². The molecule has 2 nitrogen and oxygen atoms in total. The van der Waals surface area contributed by atoms with Crippen molar-refractivity contribution in [3.63, 3.8) is 0 Å². The first-order valence-corrected chi connectivity index (χ1v) is 5.45. The van der Waals surface area contributed by atoms with Crippen LogP contribution in [0.1, 0.15) is 40.0 Å². The van der Waals surface area contributed by atoms with Gasteiger partial charge in [-0.05, 0) is 39.7 Å². The summed E-state index contributed by atoms with van der Waals surface area (Å²) in [6, 6.07) is 0.535. The molecule has 1 N–H and O–H groups in total. The Bertz CT molecular complexity index is 154. The van der Waals surface area contributed by atoms with E-state index in [-0.39, 0.29) is 5.60 Å². The van der Waals surface area contributed by atoms with Crippen LogP contribution in [0.15, 0.2) is 12.7 Å². The lowest BCUT2D eigenvalue weighted by Crippen LogP contribution is -2.37. The molecule has 0 aliphatic rings. The molecule has 1 unspecified atom stereocenters. The average Bonchev–Trinajstić information content (AvgIpc) is 2.14. The van der Waals surface area contributed by atoms with Crippen molar-refractivity contribution in [3.8, 4) is 0 Å². The monoisotopic (exact) mass is 199 g/mol. The molecule has 0 bridgehead atoms. The van der Waals surface area contributed by atoms with Crippen LogP contribution in [0.3, 0.4) is 0 Å². The fourth-order valence-electron chi connectivity index (χ4n) is 1.56. The molecule has 0 heterocycles. The third kappa shape index (κ3) is 6.17. The van der Waals surface area contributed by atoms with Gasteiger partial charge in [0.15, 0.2) is 0 Å². The Hall–Kier alpha value is -0.340. The topological polar surface area (TPSA) is 21.3 Å². The van der Waals surface area contributed by atoms with Gasteiger partial charge in [-0.1, -0.05) is 13.0 Å². The van der Waals surface area contributed by atoms with Crippen LogP contribution in [-0.4, -0.2) is 25.3 Å². The predicted molar refractivity (Wildman–Crippen MR) is 62.6 cm³/mol. The molecule has 0 saturated carbocycles. The van der Waals surface area contributed by atoms with E-state index < -0.39 is 0 Å². The summed E-state index contributed by atoms with van der Waals surface area (Å²) < 4.78 is 5.43. The summed E-state index contributed by atoms with van der Waals surface area (Å²) in [6.07, 6.45) is 5.23. The summed E-state index contributed by atoms with van der Waals surface area (Å²) >= 11 is 0. The van der Waals surface area contributed by atoms with Crippen LogP contribution in [0.4, 0.5) is 0 Å². The molecular weight excluding hydrogens is 174 g/mol. The quantitative estimate of drug-likeness (QED) is 0.607. The van der Waals surface area contributed by atoms with Crippen LogP contribution in [0, 0.1) is 0 Å². The van der Waals surface area contributed by atoms with E-state index in [9.17, 15) is 0 Å². The smallest absolute Gasteiger partial charge is 0.0637 e. The van der Waals surface area contributed by atoms with Gasteiger partial charge in [-0.15, -0.1) is 6.58 Å². The van der Waals surface area contributed by atoms with E-state index in [2.05, 4.69) is 32.7 Å². The van der Waals surface area contributed by atoms with Gasteiger partial charge in [-0.2, -0.15) is 0 Å². The molecule has 0 radical (unpaired) electrons. The van der Waals surface area contributed by atoms with Gasteiger partial charge in [0.25, 0.3) is 0 Å². The molecule has 0 rings (SSSR count). The fraction of sp³-hybridized carbons (Fsp3) is 0.833. The van der Waals surface area contributed by atoms with Gasteiger partial charge in [0.1, 0.15) is 0 Å². The number of rotatable bonds is 8. The van der Waals surface area contributed by atoms with Crippen LogP contribution in [-0.2, 0) is 4.74 Å². The third-order valence-electron chi connectivity index (χ3n) is 2.50. The SMILES string of the molecule is C=CCCC(CC(C)(C)OC)NCC. The molecule has 2 heteroatoms. The fourth-order valence-corrected chi connectivity index (χ4v) is 1.56. The van der Waals surface area contributed by atoms with Gasteiger partial charge < -0.3 is 10.1 Å². The zero-order valence-electron chi connectivity index (χ0n) is 10.1. The number of nitrogens with one attached hydrogen (secondary N) is 1. The first-order valence-electron chi connectivity index (χ1n) is 5.45. The normalized spacial score (nSPS) is 14.0. The second kappa shape index (κ2) is 7.02. The highest BCUT2D eigenvalue weighted by Crippen LogP contribution is 2.18. The summed E-state index contributed by atoms with van der Waals surface area (Å²) in [5.74, 6) is 0. The highest BCUT2D eigenvalue weighted by Gasteiger charge is 2.21. The molecule has 0 spiro atoms. The number of methoxy groups -OCH3 is 1. The van der Waals surface area contributed by atoms with Crippen molar-refractivity contribution in [3.05, 3.63) is 12.7 Å². The molecule has 0 aliphatic carbocycles. The van der Waals surface area contributed by atoms with Gasteiger partial charge >= 0.3 is 0 Å². The van der Waals surface area contributed by atoms with Gasteiger partial charge in [0.05, 0.1) is 5.60 Å². The lowest BCUT2D eigenvalue weighted by Gasteiger charge is -2.28. The molecule has 84 valence electrons. The van der Waals surface area contributed by atoms with Crippen LogP contribution in [0.2, 0.25) is 0 Å². The van der Waals surface area contributed by atoms with E-state index in [1.165, 1.54) is 0 Å². The zero-order chi connectivity index (χ0) is 11.0. The van der Waals surface area contributed by atoms with Crippen molar-refractivity contribution < 1.29 is 4.74 Å². The van der Waals surface area contributed by atoms with Gasteiger partial charge in [-0.25, -0.2) is 0 Å². The molecule has 0 fully saturated rings. The summed E-state index contributed by atoms with van der Waals surface area (Å²) in [4.78, 5) is 0. The second-order valence-electron chi connectivity index (χ2n) is 4.29. The summed E-state index contributed by atoms with van der Waals surface area (Å²) in [5, 5.41) is 3.48. The van der Waals surface area contributed by atoms with Crippen LogP contribution in [0.5, 0.6) is 0 Å². The molecule has 0 amide bonds. The molecule has 14 heavy (non-hydrogen) atoms. The molecule has 0 aliphatic heterocycles. The van der Waals surface area contributed by atoms with Gasteiger partial charge in [0.2, 0.25) is 0 Å². The standard InChI is InChI=1S/C12H25NO/c1-6-8-9-11(13-7-2)10-12(3,4)14-5/h6,11,13H,1,7-10H2,2-5H3. The Labute approximate surface area is 88.7 Å². The number of hydrogen-bond donors (Lipinski definition) is 1. The maximum absolute atomic E-state index is 5.43. The minimum Gasteiger partial charge on any atom is -0.379 e. The maximum atomic E-state index is 5.43. The first-order chi connectivity index (χ1) is 6.55. The zero-order valence-corrected chi connectivity index (χ0v) is 10.1. The third-order valence-corrected chi connectivity index (χ3v) is 2.50. The Morgan fingerprint density at radius 1 is 1.50 bits per heavy atom. The van der Waals surface area contributed by atoms with E-state index in [4.69, 9.17) is 4.74 Å².